The Morgan fingerprint density at radius 1 is 0.743 bits per heavy atom. The molecule has 0 atom stereocenters. The van der Waals surface area contributed by atoms with Gasteiger partial charge in [-0.2, -0.15) is 10.2 Å². The summed E-state index contributed by atoms with van der Waals surface area (Å²) in [5, 5.41) is 8.38. The summed E-state index contributed by atoms with van der Waals surface area (Å²) in [5.74, 6) is 0.364. The van der Waals surface area contributed by atoms with Crippen molar-refractivity contribution in [3.05, 3.63) is 91.5 Å². The van der Waals surface area contributed by atoms with Crippen LogP contribution < -0.4 is 4.74 Å². The highest BCUT2D eigenvalue weighted by Gasteiger charge is 2.16. The van der Waals surface area contributed by atoms with Gasteiger partial charge in [-0.3, -0.25) is 0 Å². The molecule has 0 heterocycles. The van der Waals surface area contributed by atoms with E-state index in [1.165, 1.54) is 18.2 Å². The van der Waals surface area contributed by atoms with Crippen molar-refractivity contribution in [1.82, 2.24) is 0 Å². The van der Waals surface area contributed by atoms with Gasteiger partial charge in [0.15, 0.2) is 0 Å². The molecule has 0 aromatic heterocycles. The minimum absolute atomic E-state index is 0.209. The first-order valence-electron chi connectivity index (χ1n) is 11.3. The second-order valence-corrected chi connectivity index (χ2v) is 9.59. The topological polar surface area (TPSA) is 94.4 Å². The van der Waals surface area contributed by atoms with Gasteiger partial charge in [0.2, 0.25) is 9.84 Å². The highest BCUT2D eigenvalue weighted by molar-refractivity contribution is 7.91. The zero-order chi connectivity index (χ0) is 24.9. The number of hydrogen-bond donors (Lipinski definition) is 0. The lowest BCUT2D eigenvalue weighted by Crippen LogP contribution is -2.02. The molecule has 182 valence electrons. The van der Waals surface area contributed by atoms with E-state index in [9.17, 15) is 13.2 Å². The number of hydrogen-bond acceptors (Lipinski definition) is 7. The summed E-state index contributed by atoms with van der Waals surface area (Å²) in [5.41, 5.74) is 1.21. The van der Waals surface area contributed by atoms with E-state index in [2.05, 4.69) is 16.8 Å². The SMILES string of the molecule is C=CC(=O)OCCCCCCOc1ccc(N=Nc2ccc(S(=O)(=O)c3ccccc3)cc2)cc1. The molecule has 0 spiro atoms. The van der Waals surface area contributed by atoms with Crippen LogP contribution in [0.2, 0.25) is 0 Å². The van der Waals surface area contributed by atoms with E-state index in [0.717, 1.165) is 31.4 Å². The lowest BCUT2D eigenvalue weighted by atomic mass is 10.2. The first-order chi connectivity index (χ1) is 17.0. The van der Waals surface area contributed by atoms with E-state index < -0.39 is 9.84 Å². The number of carbonyl (C=O) groups is 1. The number of esters is 1. The molecule has 0 aliphatic rings. The van der Waals surface area contributed by atoms with Crippen molar-refractivity contribution in [2.45, 2.75) is 35.5 Å². The maximum absolute atomic E-state index is 12.7. The van der Waals surface area contributed by atoms with Crippen LogP contribution in [0.4, 0.5) is 11.4 Å². The minimum atomic E-state index is -3.56. The van der Waals surface area contributed by atoms with Crippen LogP contribution in [0.25, 0.3) is 0 Å². The third kappa shape index (κ3) is 8.19. The molecular weight excluding hydrogens is 464 g/mol. The molecule has 0 saturated carbocycles. The molecule has 0 amide bonds. The number of sulfone groups is 1. The number of ether oxygens (including phenoxy) is 2. The Kier molecular flexibility index (Phi) is 9.74. The summed E-state index contributed by atoms with van der Waals surface area (Å²) < 4.78 is 36.0. The molecule has 0 bridgehead atoms. The van der Waals surface area contributed by atoms with Gasteiger partial charge in [0.1, 0.15) is 5.75 Å². The van der Waals surface area contributed by atoms with Crippen LogP contribution in [0, 0.1) is 0 Å². The second kappa shape index (κ2) is 13.2. The van der Waals surface area contributed by atoms with Crippen LogP contribution in [0.5, 0.6) is 5.75 Å². The van der Waals surface area contributed by atoms with Crippen LogP contribution in [0.3, 0.4) is 0 Å². The molecule has 0 fully saturated rings. The van der Waals surface area contributed by atoms with E-state index in [0.29, 0.717) is 24.6 Å². The first kappa shape index (κ1) is 25.8. The zero-order valence-electron chi connectivity index (χ0n) is 19.4. The van der Waals surface area contributed by atoms with Gasteiger partial charge in [0, 0.05) is 6.08 Å². The van der Waals surface area contributed by atoms with Gasteiger partial charge in [-0.25, -0.2) is 13.2 Å². The van der Waals surface area contributed by atoms with Crippen molar-refractivity contribution < 1.29 is 22.7 Å². The largest absolute Gasteiger partial charge is 0.494 e. The second-order valence-electron chi connectivity index (χ2n) is 7.64. The van der Waals surface area contributed by atoms with Crippen molar-refractivity contribution in [2.75, 3.05) is 13.2 Å². The molecule has 0 aliphatic carbocycles. The van der Waals surface area contributed by atoms with Crippen molar-refractivity contribution >= 4 is 27.2 Å². The fourth-order valence-electron chi connectivity index (χ4n) is 3.13. The Balaban J connectivity index is 1.42. The Morgan fingerprint density at radius 2 is 1.29 bits per heavy atom. The number of rotatable bonds is 13. The molecule has 8 heteroatoms. The molecule has 3 aromatic carbocycles. The van der Waals surface area contributed by atoms with E-state index in [1.807, 2.05) is 12.1 Å². The number of nitrogens with zero attached hydrogens (tertiary/aromatic N) is 2. The van der Waals surface area contributed by atoms with Crippen molar-refractivity contribution in [2.24, 2.45) is 10.2 Å². The van der Waals surface area contributed by atoms with Gasteiger partial charge in [-0.05, 0) is 86.3 Å². The van der Waals surface area contributed by atoms with Gasteiger partial charge in [0.05, 0.1) is 34.4 Å². The Morgan fingerprint density at radius 3 is 1.89 bits per heavy atom. The van der Waals surface area contributed by atoms with Crippen LogP contribution in [-0.4, -0.2) is 27.6 Å². The molecule has 0 aliphatic heterocycles. The Hall–Kier alpha value is -3.78. The van der Waals surface area contributed by atoms with Crippen molar-refractivity contribution in [3.8, 4) is 5.75 Å². The fraction of sp³-hybridized carbons (Fsp3) is 0.222. The highest BCUT2D eigenvalue weighted by atomic mass is 32.2. The highest BCUT2D eigenvalue weighted by Crippen LogP contribution is 2.25. The molecule has 7 nitrogen and oxygen atoms in total. The van der Waals surface area contributed by atoms with Crippen LogP contribution >= 0.6 is 0 Å². The molecule has 0 unspecified atom stereocenters. The van der Waals surface area contributed by atoms with Crippen molar-refractivity contribution in [1.29, 1.82) is 0 Å². The van der Waals surface area contributed by atoms with E-state index in [4.69, 9.17) is 9.47 Å². The molecule has 0 radical (unpaired) electrons. The minimum Gasteiger partial charge on any atom is -0.494 e. The fourth-order valence-corrected chi connectivity index (χ4v) is 4.41. The summed E-state index contributed by atoms with van der Waals surface area (Å²) in [6.07, 6.45) is 4.85. The lowest BCUT2D eigenvalue weighted by Gasteiger charge is -2.06. The number of benzene rings is 3. The van der Waals surface area contributed by atoms with Gasteiger partial charge < -0.3 is 9.47 Å². The van der Waals surface area contributed by atoms with Gasteiger partial charge >= 0.3 is 5.97 Å². The summed E-state index contributed by atoms with van der Waals surface area (Å²) >= 11 is 0. The van der Waals surface area contributed by atoms with Crippen LogP contribution in [-0.2, 0) is 19.4 Å². The van der Waals surface area contributed by atoms with Gasteiger partial charge in [0.25, 0.3) is 0 Å². The standard InChI is InChI=1S/C27H28N2O5S/c1-2-27(30)34-21-9-4-3-8-20-33-24-16-12-22(13-17-24)28-29-23-14-18-26(19-15-23)35(31,32)25-10-6-5-7-11-25/h2,5-7,10-19H,1,3-4,8-9,20-21H2. The monoisotopic (exact) mass is 492 g/mol. The number of azo groups is 1. The lowest BCUT2D eigenvalue weighted by molar-refractivity contribution is -0.137. The summed E-state index contributed by atoms with van der Waals surface area (Å²) in [4.78, 5) is 11.4. The quantitative estimate of drug-likeness (QED) is 0.116. The molecule has 35 heavy (non-hydrogen) atoms. The third-order valence-electron chi connectivity index (χ3n) is 5.04. The maximum Gasteiger partial charge on any atom is 0.330 e. The normalized spacial score (nSPS) is 11.3. The maximum atomic E-state index is 12.7. The van der Waals surface area contributed by atoms with Gasteiger partial charge in [-0.15, -0.1) is 0 Å². The predicted octanol–water partition coefficient (Wildman–Crippen LogP) is 6.60. The van der Waals surface area contributed by atoms with Crippen LogP contribution in [0.1, 0.15) is 25.7 Å². The predicted molar refractivity (Wildman–Crippen MR) is 134 cm³/mol. The molecule has 3 aromatic rings. The Labute approximate surface area is 206 Å². The number of unbranched alkanes of at least 4 members (excludes halogenated alkanes) is 3. The smallest absolute Gasteiger partial charge is 0.330 e. The summed E-state index contributed by atoms with van der Waals surface area (Å²) in [6, 6.07) is 21.9. The number of carbonyl (C=O) groups excluding carboxylic acids is 1. The Bertz CT molecular complexity index is 1220. The summed E-state index contributed by atoms with van der Waals surface area (Å²) in [6.45, 7) is 4.37. The van der Waals surface area contributed by atoms with E-state index in [-0.39, 0.29) is 15.8 Å². The average Bonchev–Trinajstić information content (AvgIpc) is 2.90. The van der Waals surface area contributed by atoms with E-state index >= 15 is 0 Å². The van der Waals surface area contributed by atoms with Gasteiger partial charge in [-0.1, -0.05) is 24.8 Å². The zero-order valence-corrected chi connectivity index (χ0v) is 20.2. The first-order valence-corrected chi connectivity index (χ1v) is 12.8. The summed E-state index contributed by atoms with van der Waals surface area (Å²) in [7, 11) is -3.56. The van der Waals surface area contributed by atoms with Crippen LogP contribution in [0.15, 0.2) is 112 Å². The molecule has 0 saturated heterocycles. The molecule has 0 N–H and O–H groups in total. The third-order valence-corrected chi connectivity index (χ3v) is 6.82. The molecular formula is C27H28N2O5S. The molecule has 3 rings (SSSR count). The van der Waals surface area contributed by atoms with E-state index in [1.54, 1.807) is 54.6 Å². The van der Waals surface area contributed by atoms with Crippen molar-refractivity contribution in [3.63, 3.8) is 0 Å². The average molecular weight is 493 g/mol.